The first-order chi connectivity index (χ1) is 12.5. The Morgan fingerprint density at radius 2 is 1.93 bits per heavy atom. The van der Waals surface area contributed by atoms with E-state index < -0.39 is 5.60 Å². The highest BCUT2D eigenvalue weighted by Gasteiger charge is 2.23. The topological polar surface area (TPSA) is 78.9 Å². The summed E-state index contributed by atoms with van der Waals surface area (Å²) in [6.45, 7) is 15.7. The third-order valence-electron chi connectivity index (χ3n) is 3.76. The van der Waals surface area contributed by atoms with Gasteiger partial charge in [0.15, 0.2) is 5.96 Å². The molecule has 28 heavy (non-hydrogen) atoms. The van der Waals surface area contributed by atoms with Gasteiger partial charge in [-0.1, -0.05) is 0 Å². The first kappa shape index (κ1) is 26.9. The van der Waals surface area contributed by atoms with Crippen molar-refractivity contribution in [3.8, 4) is 0 Å². The number of aryl methyl sites for hydroxylation is 2. The van der Waals surface area contributed by atoms with Gasteiger partial charge in [-0.2, -0.15) is 0 Å². The number of aliphatic imine (C=N–C) groups is 1. The van der Waals surface area contributed by atoms with Gasteiger partial charge in [0.2, 0.25) is 0 Å². The molecule has 7 nitrogen and oxygen atoms in total. The second-order valence-electron chi connectivity index (χ2n) is 7.72. The Bertz CT molecular complexity index is 641. The molecular weight excluding hydrogens is 489 g/mol. The maximum atomic E-state index is 12.3. The Labute approximate surface area is 190 Å². The maximum Gasteiger partial charge on any atom is 0.410 e. The van der Waals surface area contributed by atoms with E-state index in [2.05, 4.69) is 20.6 Å². The van der Waals surface area contributed by atoms with Crippen LogP contribution in [-0.4, -0.2) is 53.7 Å². The van der Waals surface area contributed by atoms with Crippen LogP contribution in [0.25, 0.3) is 0 Å². The minimum Gasteiger partial charge on any atom is -0.444 e. The summed E-state index contributed by atoms with van der Waals surface area (Å²) in [5, 5.41) is 7.67. The van der Waals surface area contributed by atoms with E-state index in [4.69, 9.17) is 4.74 Å². The number of nitrogens with zero attached hydrogens (tertiary/aromatic N) is 3. The molecule has 0 bridgehead atoms. The Morgan fingerprint density at radius 1 is 1.29 bits per heavy atom. The molecule has 0 radical (unpaired) electrons. The number of ether oxygens (including phenoxy) is 1. The Kier molecular flexibility index (Phi) is 12.0. The normalized spacial score (nSPS) is 11.8. The quantitative estimate of drug-likeness (QED) is 0.243. The van der Waals surface area contributed by atoms with Gasteiger partial charge in [-0.25, -0.2) is 9.78 Å². The van der Waals surface area contributed by atoms with Crippen LogP contribution < -0.4 is 10.6 Å². The highest BCUT2D eigenvalue weighted by atomic mass is 127. The number of halogens is 1. The fourth-order valence-electron chi connectivity index (χ4n) is 2.46. The number of guanidine groups is 1. The largest absolute Gasteiger partial charge is 0.444 e. The molecule has 9 heteroatoms. The number of hydrogen-bond donors (Lipinski definition) is 2. The molecule has 162 valence electrons. The van der Waals surface area contributed by atoms with Crippen molar-refractivity contribution < 1.29 is 9.53 Å². The molecule has 0 aliphatic rings. The third kappa shape index (κ3) is 9.90. The minimum absolute atomic E-state index is 0. The van der Waals surface area contributed by atoms with Crippen LogP contribution in [0.1, 0.15) is 56.6 Å². The first-order valence-electron chi connectivity index (χ1n) is 9.40. The Hall–Kier alpha value is -1.10. The molecule has 1 amide bonds. The highest BCUT2D eigenvalue weighted by Crippen LogP contribution is 2.16. The van der Waals surface area contributed by atoms with Crippen molar-refractivity contribution in [3.63, 3.8) is 0 Å². The average Bonchev–Trinajstić information content (AvgIpc) is 2.85. The number of nitrogens with one attached hydrogen (secondary N) is 2. The zero-order valence-electron chi connectivity index (χ0n) is 18.4. The number of thiazole rings is 1. The van der Waals surface area contributed by atoms with Crippen LogP contribution in [0.2, 0.25) is 0 Å². The van der Waals surface area contributed by atoms with Gasteiger partial charge in [0, 0.05) is 31.1 Å². The maximum absolute atomic E-state index is 12.3. The predicted molar refractivity (Wildman–Crippen MR) is 128 cm³/mol. The van der Waals surface area contributed by atoms with Crippen LogP contribution in [0.3, 0.4) is 0 Å². The van der Waals surface area contributed by atoms with E-state index in [9.17, 15) is 4.79 Å². The molecule has 1 heterocycles. The van der Waals surface area contributed by atoms with E-state index in [1.54, 1.807) is 23.3 Å². The van der Waals surface area contributed by atoms with Gasteiger partial charge in [-0.3, -0.25) is 4.99 Å². The predicted octanol–water partition coefficient (Wildman–Crippen LogP) is 4.08. The molecule has 0 saturated heterocycles. The minimum atomic E-state index is -0.485. The summed E-state index contributed by atoms with van der Waals surface area (Å²) in [7, 11) is 1.75. The number of rotatable bonds is 7. The molecule has 1 aromatic heterocycles. The number of amides is 1. The highest BCUT2D eigenvalue weighted by molar-refractivity contribution is 14.0. The number of hydrogen-bond acceptors (Lipinski definition) is 5. The fraction of sp³-hybridized carbons (Fsp3) is 0.737. The van der Waals surface area contributed by atoms with Crippen LogP contribution in [0.15, 0.2) is 4.99 Å². The molecule has 0 fully saturated rings. The summed E-state index contributed by atoms with van der Waals surface area (Å²) in [6.07, 6.45) is 0.535. The van der Waals surface area contributed by atoms with E-state index in [1.165, 1.54) is 4.88 Å². The fourth-order valence-corrected chi connectivity index (χ4v) is 3.34. The molecule has 0 aromatic carbocycles. The lowest BCUT2D eigenvalue weighted by molar-refractivity contribution is 0.0190. The van der Waals surface area contributed by atoms with E-state index in [0.717, 1.165) is 23.1 Å². The number of carbonyl (C=O) groups is 1. The second-order valence-corrected chi connectivity index (χ2v) is 9.00. The first-order valence-corrected chi connectivity index (χ1v) is 10.2. The molecule has 1 rings (SSSR count). The summed E-state index contributed by atoms with van der Waals surface area (Å²) in [4.78, 5) is 24.0. The SMILES string of the molecule is CN=C(NCCCN(C(=O)OC(C)(C)C)C(C)C)NCc1sc(C)nc1C.I. The molecule has 0 saturated carbocycles. The van der Waals surface area contributed by atoms with Gasteiger partial charge in [-0.05, 0) is 54.9 Å². The summed E-state index contributed by atoms with van der Waals surface area (Å²) < 4.78 is 5.49. The summed E-state index contributed by atoms with van der Waals surface area (Å²) >= 11 is 1.70. The standard InChI is InChI=1S/C19H35N5O2S.HI/c1-13(2)24(18(25)26-19(5,6)7)11-9-10-21-17(20-8)22-12-16-14(3)23-15(4)27-16;/h13H,9-12H2,1-8H3,(H2,20,21,22);1H. The summed E-state index contributed by atoms with van der Waals surface area (Å²) in [5.41, 5.74) is 0.576. The monoisotopic (exact) mass is 525 g/mol. The third-order valence-corrected chi connectivity index (χ3v) is 4.83. The second kappa shape index (κ2) is 12.5. The average molecular weight is 526 g/mol. The van der Waals surface area contributed by atoms with Gasteiger partial charge < -0.3 is 20.3 Å². The Balaban J connectivity index is 0.00000729. The van der Waals surface area contributed by atoms with Gasteiger partial charge in [0.1, 0.15) is 5.60 Å². The lowest BCUT2D eigenvalue weighted by atomic mass is 10.2. The molecule has 1 aromatic rings. The summed E-state index contributed by atoms with van der Waals surface area (Å²) in [5.74, 6) is 0.744. The molecule has 0 atom stereocenters. The Morgan fingerprint density at radius 3 is 2.39 bits per heavy atom. The zero-order chi connectivity index (χ0) is 20.6. The lowest BCUT2D eigenvalue weighted by Gasteiger charge is -2.30. The lowest BCUT2D eigenvalue weighted by Crippen LogP contribution is -2.43. The van der Waals surface area contributed by atoms with Crippen LogP contribution in [0, 0.1) is 13.8 Å². The van der Waals surface area contributed by atoms with Crippen molar-refractivity contribution in [2.45, 2.75) is 73.1 Å². The molecule has 0 aliphatic carbocycles. The van der Waals surface area contributed by atoms with E-state index in [-0.39, 0.29) is 36.1 Å². The number of carbonyl (C=O) groups excluding carboxylic acids is 1. The van der Waals surface area contributed by atoms with Crippen LogP contribution in [0.5, 0.6) is 0 Å². The van der Waals surface area contributed by atoms with Crippen molar-refractivity contribution >= 4 is 47.4 Å². The van der Waals surface area contributed by atoms with E-state index in [1.807, 2.05) is 48.5 Å². The van der Waals surface area contributed by atoms with Crippen molar-refractivity contribution in [1.29, 1.82) is 0 Å². The van der Waals surface area contributed by atoms with E-state index >= 15 is 0 Å². The van der Waals surface area contributed by atoms with Crippen molar-refractivity contribution in [2.75, 3.05) is 20.1 Å². The molecule has 0 unspecified atom stereocenters. The van der Waals surface area contributed by atoms with Crippen LogP contribution >= 0.6 is 35.3 Å². The van der Waals surface area contributed by atoms with Gasteiger partial charge in [0.25, 0.3) is 0 Å². The zero-order valence-corrected chi connectivity index (χ0v) is 21.5. The van der Waals surface area contributed by atoms with Crippen molar-refractivity contribution in [3.05, 3.63) is 15.6 Å². The van der Waals surface area contributed by atoms with Gasteiger partial charge in [0.05, 0.1) is 17.2 Å². The smallest absolute Gasteiger partial charge is 0.410 e. The molecule has 0 aliphatic heterocycles. The van der Waals surface area contributed by atoms with Crippen molar-refractivity contribution in [1.82, 2.24) is 20.5 Å². The van der Waals surface area contributed by atoms with Crippen LogP contribution in [-0.2, 0) is 11.3 Å². The molecule has 2 N–H and O–H groups in total. The summed E-state index contributed by atoms with van der Waals surface area (Å²) in [6, 6.07) is 0.0924. The van der Waals surface area contributed by atoms with Crippen molar-refractivity contribution in [2.24, 2.45) is 4.99 Å². The van der Waals surface area contributed by atoms with E-state index in [0.29, 0.717) is 19.6 Å². The van der Waals surface area contributed by atoms with Gasteiger partial charge >= 0.3 is 6.09 Å². The molecular formula is C19H36IN5O2S. The number of aromatic nitrogens is 1. The molecule has 0 spiro atoms. The van der Waals surface area contributed by atoms with Gasteiger partial charge in [-0.15, -0.1) is 35.3 Å². The van der Waals surface area contributed by atoms with Crippen LogP contribution in [0.4, 0.5) is 4.79 Å².